The van der Waals surface area contributed by atoms with Crippen LogP contribution < -0.4 is 26.2 Å². The van der Waals surface area contributed by atoms with Crippen LogP contribution in [0.25, 0.3) is 39.0 Å². The van der Waals surface area contributed by atoms with E-state index in [-0.39, 0.29) is 41.9 Å². The van der Waals surface area contributed by atoms with E-state index in [9.17, 15) is 22.8 Å². The Kier molecular flexibility index (Phi) is 10.7. The topological polar surface area (TPSA) is 115 Å². The van der Waals surface area contributed by atoms with Crippen molar-refractivity contribution in [1.29, 1.82) is 0 Å². The Balaban J connectivity index is 1.25. The molecule has 3 aromatic heterocycles. The zero-order valence-electron chi connectivity index (χ0n) is 29.0. The van der Waals surface area contributed by atoms with Crippen LogP contribution in [-0.2, 0) is 24.9 Å². The zero-order valence-corrected chi connectivity index (χ0v) is 30.5. The number of aromatic nitrogens is 4. The molecule has 15 heteroatoms. The predicted octanol–water partition coefficient (Wildman–Crippen LogP) is 6.79. The molecule has 1 fully saturated rings. The van der Waals surface area contributed by atoms with Gasteiger partial charge in [0.15, 0.2) is 0 Å². The molecule has 0 radical (unpaired) electrons. The number of amides is 1. The Morgan fingerprint density at radius 2 is 1.63 bits per heavy atom. The Hall–Kier alpha value is -4.43. The van der Waals surface area contributed by atoms with Gasteiger partial charge in [0.1, 0.15) is 11.3 Å². The van der Waals surface area contributed by atoms with E-state index in [0.29, 0.717) is 68.9 Å². The van der Waals surface area contributed by atoms with Crippen LogP contribution in [0.5, 0.6) is 5.88 Å². The number of ether oxygens (including phenoxy) is 1. The molecule has 1 aliphatic rings. The monoisotopic (exact) mass is 755 g/mol. The number of nitrogens with one attached hydrogen (secondary N) is 3. The number of hydrogen-bond acceptors (Lipinski definition) is 7. The molecular formula is C37H38Cl2F3N7O3. The molecule has 1 saturated heterocycles. The molecule has 0 spiro atoms. The van der Waals surface area contributed by atoms with E-state index >= 15 is 0 Å². The van der Waals surface area contributed by atoms with Crippen LogP contribution >= 0.6 is 23.2 Å². The molecule has 5 aromatic rings. The molecule has 0 saturated carbocycles. The molecule has 0 bridgehead atoms. The highest BCUT2D eigenvalue weighted by atomic mass is 35.5. The van der Waals surface area contributed by atoms with Gasteiger partial charge in [0.05, 0.1) is 34.8 Å². The number of carbonyl (C=O) groups is 1. The van der Waals surface area contributed by atoms with Crippen molar-refractivity contribution in [3.63, 3.8) is 0 Å². The lowest BCUT2D eigenvalue weighted by molar-refractivity contribution is -0.209. The van der Waals surface area contributed by atoms with Gasteiger partial charge in [-0.05, 0) is 32.4 Å². The molecule has 4 heterocycles. The Labute approximate surface area is 308 Å². The summed E-state index contributed by atoms with van der Waals surface area (Å²) in [5.41, 5.74) is 2.69. The van der Waals surface area contributed by atoms with Gasteiger partial charge < -0.3 is 20.7 Å². The van der Waals surface area contributed by atoms with Crippen molar-refractivity contribution in [2.75, 3.05) is 20.2 Å². The van der Waals surface area contributed by atoms with E-state index < -0.39 is 11.6 Å². The van der Waals surface area contributed by atoms with Crippen LogP contribution in [0, 0.1) is 5.41 Å². The van der Waals surface area contributed by atoms with Crippen molar-refractivity contribution < 1.29 is 22.7 Å². The number of carbonyl (C=O) groups excluding carboxylic acids is 1. The fourth-order valence-electron chi connectivity index (χ4n) is 6.11. The molecule has 1 aliphatic heterocycles. The number of hydrogen-bond donors (Lipinski definition) is 3. The van der Waals surface area contributed by atoms with E-state index in [1.54, 1.807) is 19.4 Å². The van der Waals surface area contributed by atoms with Gasteiger partial charge in [-0.3, -0.25) is 14.2 Å². The van der Waals surface area contributed by atoms with Crippen molar-refractivity contribution in [2.24, 2.45) is 12.5 Å². The lowest BCUT2D eigenvalue weighted by Crippen LogP contribution is -2.41. The second kappa shape index (κ2) is 14.9. The summed E-state index contributed by atoms with van der Waals surface area (Å²) >= 11 is 14.1. The van der Waals surface area contributed by atoms with Crippen LogP contribution in [0.15, 0.2) is 65.6 Å². The first kappa shape index (κ1) is 37.3. The second-order valence-electron chi connectivity index (χ2n) is 13.5. The highest BCUT2D eigenvalue weighted by Crippen LogP contribution is 2.42. The third kappa shape index (κ3) is 7.54. The van der Waals surface area contributed by atoms with Crippen LogP contribution in [0.1, 0.15) is 38.1 Å². The first-order valence-electron chi connectivity index (χ1n) is 16.7. The Bertz CT molecular complexity index is 2200. The largest absolute Gasteiger partial charge is 0.481 e. The van der Waals surface area contributed by atoms with Gasteiger partial charge in [0.2, 0.25) is 11.8 Å². The summed E-state index contributed by atoms with van der Waals surface area (Å²) in [6, 6.07) is 16.7. The van der Waals surface area contributed by atoms with E-state index in [2.05, 4.69) is 21.0 Å². The summed E-state index contributed by atoms with van der Waals surface area (Å²) in [6.45, 7) is 2.99. The van der Waals surface area contributed by atoms with Crippen molar-refractivity contribution >= 4 is 34.6 Å². The molecule has 0 aliphatic carbocycles. The minimum Gasteiger partial charge on any atom is -0.481 e. The van der Waals surface area contributed by atoms with Gasteiger partial charge in [-0.2, -0.15) is 18.3 Å². The molecule has 2 aromatic carbocycles. The van der Waals surface area contributed by atoms with Gasteiger partial charge in [0, 0.05) is 78.7 Å². The van der Waals surface area contributed by atoms with Crippen molar-refractivity contribution in [3.8, 4) is 39.4 Å². The standard InChI is InChI=1S/C37H38Cl2F3N7O3/c1-36(2,37(40,41)42)20-44-18-30-47-49-19-22(15-29(49)35(51)48(30)3)24-7-5-8-25(32(24)38)26-9-6-10-27(33(26)39)28-13-11-21(34(46-28)52-4)16-43-17-23-12-14-31(50)45-23/h5-11,13,15,19,23,43-44H,12,14,16-18,20H2,1-4H3,(H,45,50)/t23-/m1/s1. The minimum absolute atomic E-state index is 0.0402. The first-order chi connectivity index (χ1) is 24.7. The van der Waals surface area contributed by atoms with E-state index in [4.69, 9.17) is 32.9 Å². The SMILES string of the molecule is COc1nc(-c2cccc(-c3cccc(-c4cc5c(=O)n(C)c(CNCC(C)(C)C(F)(F)F)nn5c4)c3Cl)c2Cl)ccc1CNC[C@H]1CCC(=O)N1. The minimum atomic E-state index is -4.39. The van der Waals surface area contributed by atoms with Gasteiger partial charge in [0.25, 0.3) is 5.56 Å². The van der Waals surface area contributed by atoms with Crippen LogP contribution in [0.2, 0.25) is 10.0 Å². The maximum atomic E-state index is 13.3. The van der Waals surface area contributed by atoms with Gasteiger partial charge in [-0.25, -0.2) is 9.50 Å². The molecule has 274 valence electrons. The average Bonchev–Trinajstić information content (AvgIpc) is 3.72. The maximum absolute atomic E-state index is 13.3. The average molecular weight is 757 g/mol. The number of pyridine rings is 1. The molecule has 3 N–H and O–H groups in total. The first-order valence-corrected chi connectivity index (χ1v) is 17.4. The predicted molar refractivity (Wildman–Crippen MR) is 196 cm³/mol. The van der Waals surface area contributed by atoms with Crippen LogP contribution in [0.3, 0.4) is 0 Å². The van der Waals surface area contributed by atoms with E-state index in [1.165, 1.54) is 16.1 Å². The number of methoxy groups -OCH3 is 1. The van der Waals surface area contributed by atoms with Gasteiger partial charge in [-0.15, -0.1) is 0 Å². The molecule has 6 rings (SSSR count). The third-order valence-electron chi connectivity index (χ3n) is 9.35. The summed E-state index contributed by atoms with van der Waals surface area (Å²) in [4.78, 5) is 29.6. The molecule has 10 nitrogen and oxygen atoms in total. The van der Waals surface area contributed by atoms with Crippen LogP contribution in [0.4, 0.5) is 13.2 Å². The summed E-state index contributed by atoms with van der Waals surface area (Å²) < 4.78 is 48.4. The fourth-order valence-corrected chi connectivity index (χ4v) is 6.77. The molecular weight excluding hydrogens is 718 g/mol. The van der Waals surface area contributed by atoms with Crippen molar-refractivity contribution in [3.05, 3.63) is 92.6 Å². The fraction of sp³-hybridized carbons (Fsp3) is 0.351. The van der Waals surface area contributed by atoms with E-state index in [1.807, 2.05) is 48.5 Å². The summed E-state index contributed by atoms with van der Waals surface area (Å²) in [7, 11) is 3.09. The molecule has 1 amide bonds. The number of alkyl halides is 3. The Morgan fingerprint density at radius 3 is 2.29 bits per heavy atom. The number of fused-ring (bicyclic) bond motifs is 1. The lowest BCUT2D eigenvalue weighted by Gasteiger charge is -2.27. The van der Waals surface area contributed by atoms with Crippen LogP contribution in [-0.4, -0.2) is 57.5 Å². The highest BCUT2D eigenvalue weighted by molar-refractivity contribution is 6.39. The molecule has 52 heavy (non-hydrogen) atoms. The number of nitrogens with zero attached hydrogens (tertiary/aromatic N) is 4. The third-order valence-corrected chi connectivity index (χ3v) is 10.2. The molecule has 1 atom stereocenters. The van der Waals surface area contributed by atoms with Crippen molar-refractivity contribution in [2.45, 2.75) is 52.0 Å². The lowest BCUT2D eigenvalue weighted by atomic mass is 9.93. The van der Waals surface area contributed by atoms with Gasteiger partial charge in [-0.1, -0.05) is 65.7 Å². The Morgan fingerprint density at radius 1 is 0.962 bits per heavy atom. The normalized spacial score (nSPS) is 15.0. The molecule has 0 unspecified atom stereocenters. The summed E-state index contributed by atoms with van der Waals surface area (Å²) in [5, 5.41) is 14.5. The number of benzene rings is 2. The summed E-state index contributed by atoms with van der Waals surface area (Å²) in [5.74, 6) is 0.795. The second-order valence-corrected chi connectivity index (χ2v) is 14.2. The zero-order chi connectivity index (χ0) is 37.4. The summed E-state index contributed by atoms with van der Waals surface area (Å²) in [6.07, 6.45) is -1.37. The maximum Gasteiger partial charge on any atom is 0.395 e. The van der Waals surface area contributed by atoms with Gasteiger partial charge >= 0.3 is 6.18 Å². The van der Waals surface area contributed by atoms with E-state index in [0.717, 1.165) is 25.8 Å². The highest BCUT2D eigenvalue weighted by Gasteiger charge is 2.46. The van der Waals surface area contributed by atoms with Crippen molar-refractivity contribution in [1.82, 2.24) is 35.1 Å². The quantitative estimate of drug-likeness (QED) is 0.129. The number of halogens is 5. The smallest absolute Gasteiger partial charge is 0.395 e. The number of rotatable bonds is 12.